The van der Waals surface area contributed by atoms with E-state index in [0.717, 1.165) is 40.6 Å². The van der Waals surface area contributed by atoms with Gasteiger partial charge in [-0.2, -0.15) is 16.4 Å². The summed E-state index contributed by atoms with van der Waals surface area (Å²) in [6.07, 6.45) is 3.82. The van der Waals surface area contributed by atoms with Crippen molar-refractivity contribution in [3.63, 3.8) is 0 Å². The maximum atomic E-state index is 12.9. The molecule has 0 aliphatic heterocycles. The van der Waals surface area contributed by atoms with E-state index in [1.54, 1.807) is 17.6 Å². The Morgan fingerprint density at radius 2 is 1.97 bits per heavy atom. The number of hydrazone groups is 1. The number of pyridine rings is 1. The van der Waals surface area contributed by atoms with Crippen molar-refractivity contribution in [1.82, 2.24) is 10.4 Å². The molecule has 0 atom stereocenters. The molecule has 4 rings (SSSR count). The van der Waals surface area contributed by atoms with Gasteiger partial charge in [-0.15, -0.1) is 0 Å². The molecular weight excluding hydrogens is 378 g/mol. The van der Waals surface area contributed by atoms with E-state index in [9.17, 15) is 4.79 Å². The fraction of sp³-hybridized carbons (Fsp3) is 0.125. The third kappa shape index (κ3) is 4.41. The number of aryl methyl sites for hydroxylation is 1. The highest BCUT2D eigenvalue weighted by molar-refractivity contribution is 7.08. The Hall–Kier alpha value is -3.31. The first-order valence-electron chi connectivity index (χ1n) is 9.59. The van der Waals surface area contributed by atoms with Crippen molar-refractivity contribution in [2.24, 2.45) is 5.10 Å². The van der Waals surface area contributed by atoms with Gasteiger partial charge in [0.1, 0.15) is 0 Å². The Bertz CT molecular complexity index is 1150. The van der Waals surface area contributed by atoms with Crippen molar-refractivity contribution >= 4 is 34.4 Å². The van der Waals surface area contributed by atoms with Gasteiger partial charge in [0.05, 0.1) is 23.0 Å². The van der Waals surface area contributed by atoms with Gasteiger partial charge in [-0.05, 0) is 40.9 Å². The van der Waals surface area contributed by atoms with Gasteiger partial charge < -0.3 is 0 Å². The number of rotatable bonds is 6. The van der Waals surface area contributed by atoms with Crippen LogP contribution in [0, 0.1) is 0 Å². The van der Waals surface area contributed by atoms with E-state index in [1.165, 1.54) is 5.56 Å². The normalized spacial score (nSPS) is 11.2. The number of nitrogens with one attached hydrogen (secondary N) is 1. The Morgan fingerprint density at radius 3 is 2.72 bits per heavy atom. The lowest BCUT2D eigenvalue weighted by Crippen LogP contribution is -2.18. The maximum Gasteiger partial charge on any atom is 0.272 e. The van der Waals surface area contributed by atoms with E-state index in [-0.39, 0.29) is 5.91 Å². The van der Waals surface area contributed by atoms with E-state index < -0.39 is 0 Å². The van der Waals surface area contributed by atoms with Gasteiger partial charge in [0, 0.05) is 16.5 Å². The van der Waals surface area contributed by atoms with Gasteiger partial charge in [-0.25, -0.2) is 10.4 Å². The van der Waals surface area contributed by atoms with Crippen LogP contribution in [0.2, 0.25) is 0 Å². The molecule has 0 spiro atoms. The number of thiophene rings is 1. The monoisotopic (exact) mass is 399 g/mol. The van der Waals surface area contributed by atoms with E-state index in [0.29, 0.717) is 5.56 Å². The Morgan fingerprint density at radius 1 is 1.14 bits per heavy atom. The highest BCUT2D eigenvalue weighted by Crippen LogP contribution is 2.25. The molecule has 4 nitrogen and oxygen atoms in total. The molecule has 144 valence electrons. The SMILES string of the molecule is CCCc1ccc(-c2cc(C(=O)N/N=C\c3ccsc3)c3ccccc3n2)cc1. The van der Waals surface area contributed by atoms with Crippen LogP contribution in [0.1, 0.15) is 34.8 Å². The van der Waals surface area contributed by atoms with Crippen molar-refractivity contribution in [3.05, 3.63) is 88.1 Å². The standard InChI is InChI=1S/C24H21N3OS/c1-2-5-17-8-10-19(11-9-17)23-14-21(20-6-3-4-7-22(20)26-23)24(28)27-25-15-18-12-13-29-16-18/h3-4,6-16H,2,5H2,1H3,(H,27,28)/b25-15-. The Labute approximate surface area is 173 Å². The molecule has 0 radical (unpaired) electrons. The highest BCUT2D eigenvalue weighted by Gasteiger charge is 2.13. The van der Waals surface area contributed by atoms with Crippen molar-refractivity contribution in [3.8, 4) is 11.3 Å². The zero-order chi connectivity index (χ0) is 20.1. The van der Waals surface area contributed by atoms with Gasteiger partial charge in [0.2, 0.25) is 0 Å². The van der Waals surface area contributed by atoms with Crippen molar-refractivity contribution in [2.75, 3.05) is 0 Å². The van der Waals surface area contributed by atoms with Crippen LogP contribution in [0.5, 0.6) is 0 Å². The van der Waals surface area contributed by atoms with Gasteiger partial charge in [0.25, 0.3) is 5.91 Å². The van der Waals surface area contributed by atoms with E-state index >= 15 is 0 Å². The fourth-order valence-corrected chi connectivity index (χ4v) is 3.83. The minimum atomic E-state index is -0.251. The number of nitrogens with zero attached hydrogens (tertiary/aromatic N) is 2. The molecule has 1 amide bonds. The molecule has 0 saturated carbocycles. The molecule has 29 heavy (non-hydrogen) atoms. The van der Waals surface area contributed by atoms with Crippen LogP contribution in [-0.4, -0.2) is 17.1 Å². The third-order valence-electron chi connectivity index (χ3n) is 4.67. The molecule has 0 bridgehead atoms. The third-order valence-corrected chi connectivity index (χ3v) is 5.37. The molecule has 2 aromatic carbocycles. The smallest absolute Gasteiger partial charge is 0.267 e. The number of para-hydroxylation sites is 1. The quantitative estimate of drug-likeness (QED) is 0.335. The zero-order valence-electron chi connectivity index (χ0n) is 16.1. The molecule has 0 saturated heterocycles. The summed E-state index contributed by atoms with van der Waals surface area (Å²) in [6.45, 7) is 2.17. The Kier molecular flexibility index (Phi) is 5.77. The second-order valence-corrected chi connectivity index (χ2v) is 7.55. The summed E-state index contributed by atoms with van der Waals surface area (Å²) in [5.41, 5.74) is 8.02. The number of aromatic nitrogens is 1. The average Bonchev–Trinajstić information content (AvgIpc) is 3.27. The van der Waals surface area contributed by atoms with Crippen LogP contribution < -0.4 is 5.43 Å². The first kappa shape index (κ1) is 19.0. The van der Waals surface area contributed by atoms with Gasteiger partial charge in [-0.1, -0.05) is 55.8 Å². The van der Waals surface area contributed by atoms with Crippen LogP contribution >= 0.6 is 11.3 Å². The number of hydrogen-bond acceptors (Lipinski definition) is 4. The van der Waals surface area contributed by atoms with Crippen LogP contribution in [0.15, 0.2) is 76.5 Å². The average molecular weight is 400 g/mol. The Balaban J connectivity index is 1.67. The predicted octanol–water partition coefficient (Wildman–Crippen LogP) is 5.68. The number of benzene rings is 2. The topological polar surface area (TPSA) is 54.4 Å². The number of carbonyl (C=O) groups excluding carboxylic acids is 1. The number of amides is 1. The van der Waals surface area contributed by atoms with Gasteiger partial charge in [0.15, 0.2) is 0 Å². The van der Waals surface area contributed by atoms with Crippen molar-refractivity contribution in [2.45, 2.75) is 19.8 Å². The van der Waals surface area contributed by atoms with Crippen LogP contribution in [0.3, 0.4) is 0 Å². The summed E-state index contributed by atoms with van der Waals surface area (Å²) in [7, 11) is 0. The van der Waals surface area contributed by atoms with Crippen molar-refractivity contribution in [1.29, 1.82) is 0 Å². The molecule has 4 aromatic rings. The summed E-state index contributed by atoms with van der Waals surface area (Å²) >= 11 is 1.59. The first-order chi connectivity index (χ1) is 14.2. The molecule has 1 N–H and O–H groups in total. The fourth-order valence-electron chi connectivity index (χ4n) is 3.22. The second kappa shape index (κ2) is 8.80. The molecule has 5 heteroatoms. The molecular formula is C24H21N3OS. The molecule has 0 unspecified atom stereocenters. The van der Waals surface area contributed by atoms with Gasteiger partial charge >= 0.3 is 0 Å². The van der Waals surface area contributed by atoms with Crippen molar-refractivity contribution < 1.29 is 4.79 Å². The molecule has 0 fully saturated rings. The minimum absolute atomic E-state index is 0.251. The van der Waals surface area contributed by atoms with E-state index in [4.69, 9.17) is 4.98 Å². The number of hydrogen-bond donors (Lipinski definition) is 1. The maximum absolute atomic E-state index is 12.9. The summed E-state index contributed by atoms with van der Waals surface area (Å²) in [4.78, 5) is 17.6. The summed E-state index contributed by atoms with van der Waals surface area (Å²) in [5, 5.41) is 8.84. The second-order valence-electron chi connectivity index (χ2n) is 6.77. The molecule has 0 aliphatic carbocycles. The molecule has 2 aromatic heterocycles. The summed E-state index contributed by atoms with van der Waals surface area (Å²) < 4.78 is 0. The van der Waals surface area contributed by atoms with Crippen LogP contribution in [-0.2, 0) is 6.42 Å². The van der Waals surface area contributed by atoms with Gasteiger partial charge in [-0.3, -0.25) is 4.79 Å². The largest absolute Gasteiger partial charge is 0.272 e. The van der Waals surface area contributed by atoms with Crippen LogP contribution in [0.25, 0.3) is 22.2 Å². The lowest BCUT2D eigenvalue weighted by molar-refractivity contribution is 0.0957. The summed E-state index contributed by atoms with van der Waals surface area (Å²) in [6, 6.07) is 19.9. The number of fused-ring (bicyclic) bond motifs is 1. The number of carbonyl (C=O) groups is 1. The predicted molar refractivity (Wildman–Crippen MR) is 121 cm³/mol. The molecule has 2 heterocycles. The van der Waals surface area contributed by atoms with E-state index in [1.807, 2.05) is 47.2 Å². The summed E-state index contributed by atoms with van der Waals surface area (Å²) in [5.74, 6) is -0.251. The minimum Gasteiger partial charge on any atom is -0.267 e. The van der Waals surface area contributed by atoms with E-state index in [2.05, 4.69) is 41.7 Å². The lowest BCUT2D eigenvalue weighted by Gasteiger charge is -2.09. The highest BCUT2D eigenvalue weighted by atomic mass is 32.1. The first-order valence-corrected chi connectivity index (χ1v) is 10.5. The lowest BCUT2D eigenvalue weighted by atomic mass is 10.0. The van der Waals surface area contributed by atoms with Crippen LogP contribution in [0.4, 0.5) is 0 Å². The zero-order valence-corrected chi connectivity index (χ0v) is 16.9. The molecule has 0 aliphatic rings.